The van der Waals surface area contributed by atoms with E-state index < -0.39 is 10.8 Å². The SMILES string of the molecule is CC[C@@H](C)NC(=O)c1ccc2nc(NC(=O)c3ccc([N+](=O)[O-])cc3)sc2c1. The van der Waals surface area contributed by atoms with Crippen molar-refractivity contribution in [3.63, 3.8) is 0 Å². The van der Waals surface area contributed by atoms with Crippen molar-refractivity contribution < 1.29 is 14.5 Å². The molecule has 0 saturated carbocycles. The summed E-state index contributed by atoms with van der Waals surface area (Å²) in [5, 5.41) is 16.7. The molecule has 0 saturated heterocycles. The molecule has 0 aliphatic heterocycles. The van der Waals surface area contributed by atoms with Crippen molar-refractivity contribution in [1.29, 1.82) is 0 Å². The first kappa shape index (κ1) is 19.4. The second-order valence-electron chi connectivity index (χ2n) is 6.24. The molecule has 28 heavy (non-hydrogen) atoms. The molecule has 0 unspecified atom stereocenters. The number of thiazole rings is 1. The lowest BCUT2D eigenvalue weighted by Gasteiger charge is -2.10. The molecule has 2 aromatic carbocycles. The Morgan fingerprint density at radius 2 is 1.82 bits per heavy atom. The van der Waals surface area contributed by atoms with Crippen LogP contribution in [0, 0.1) is 10.1 Å². The molecule has 0 spiro atoms. The van der Waals surface area contributed by atoms with Crippen LogP contribution in [-0.4, -0.2) is 27.8 Å². The van der Waals surface area contributed by atoms with Crippen LogP contribution in [0.15, 0.2) is 42.5 Å². The third kappa shape index (κ3) is 4.32. The van der Waals surface area contributed by atoms with Crippen LogP contribution in [0.1, 0.15) is 41.0 Å². The van der Waals surface area contributed by atoms with E-state index in [0.717, 1.165) is 11.1 Å². The standard InChI is InChI=1S/C19H18N4O4S/c1-3-11(2)20-18(25)13-6-9-15-16(10-13)28-19(21-15)22-17(24)12-4-7-14(8-5-12)23(26)27/h4-11H,3H2,1-2H3,(H,20,25)(H,21,22,24)/t11-/m1/s1. The molecule has 1 heterocycles. The Morgan fingerprint density at radius 1 is 1.14 bits per heavy atom. The van der Waals surface area contributed by atoms with Gasteiger partial charge in [-0.2, -0.15) is 0 Å². The third-order valence-corrected chi connectivity index (χ3v) is 5.13. The van der Waals surface area contributed by atoms with E-state index in [1.807, 2.05) is 13.8 Å². The molecule has 0 radical (unpaired) electrons. The van der Waals surface area contributed by atoms with E-state index in [1.165, 1.54) is 35.6 Å². The largest absolute Gasteiger partial charge is 0.350 e. The summed E-state index contributed by atoms with van der Waals surface area (Å²) in [7, 11) is 0. The molecule has 3 aromatic rings. The summed E-state index contributed by atoms with van der Waals surface area (Å²) >= 11 is 1.25. The Kier molecular flexibility index (Phi) is 5.65. The smallest absolute Gasteiger partial charge is 0.269 e. The zero-order valence-corrected chi connectivity index (χ0v) is 16.1. The molecular weight excluding hydrogens is 380 g/mol. The first-order valence-corrected chi connectivity index (χ1v) is 9.46. The van der Waals surface area contributed by atoms with Gasteiger partial charge in [0.15, 0.2) is 5.13 Å². The minimum absolute atomic E-state index is 0.0836. The number of rotatable bonds is 6. The highest BCUT2D eigenvalue weighted by Gasteiger charge is 2.14. The number of nitro groups is 1. The van der Waals surface area contributed by atoms with Crippen LogP contribution in [0.3, 0.4) is 0 Å². The summed E-state index contributed by atoms with van der Waals surface area (Å²) < 4.78 is 0.774. The Hall–Kier alpha value is -3.33. The number of nitrogens with zero attached hydrogens (tertiary/aromatic N) is 2. The Morgan fingerprint density at radius 3 is 2.46 bits per heavy atom. The van der Waals surface area contributed by atoms with Gasteiger partial charge in [-0.05, 0) is 43.7 Å². The summed E-state index contributed by atoms with van der Waals surface area (Å²) in [6.45, 7) is 3.94. The van der Waals surface area contributed by atoms with Crippen LogP contribution in [0.2, 0.25) is 0 Å². The summed E-state index contributed by atoms with van der Waals surface area (Å²) in [5.41, 5.74) is 1.41. The van der Waals surface area contributed by atoms with E-state index in [-0.39, 0.29) is 17.6 Å². The van der Waals surface area contributed by atoms with Gasteiger partial charge in [-0.3, -0.25) is 25.0 Å². The maximum atomic E-state index is 12.3. The van der Waals surface area contributed by atoms with Crippen molar-refractivity contribution in [2.45, 2.75) is 26.3 Å². The minimum atomic E-state index is -0.524. The fraction of sp³-hybridized carbons (Fsp3) is 0.211. The number of amides is 2. The number of fused-ring (bicyclic) bond motifs is 1. The molecular formula is C19H18N4O4S. The van der Waals surface area contributed by atoms with Crippen molar-refractivity contribution in [2.24, 2.45) is 0 Å². The lowest BCUT2D eigenvalue weighted by molar-refractivity contribution is -0.384. The highest BCUT2D eigenvalue weighted by Crippen LogP contribution is 2.27. The summed E-state index contributed by atoms with van der Waals surface area (Å²) in [6.07, 6.45) is 0.841. The molecule has 3 rings (SSSR count). The van der Waals surface area contributed by atoms with E-state index in [1.54, 1.807) is 18.2 Å². The normalized spacial score (nSPS) is 11.8. The van der Waals surface area contributed by atoms with Gasteiger partial charge in [-0.15, -0.1) is 0 Å². The minimum Gasteiger partial charge on any atom is -0.350 e. The number of anilines is 1. The maximum Gasteiger partial charge on any atom is 0.269 e. The molecule has 1 aromatic heterocycles. The van der Waals surface area contributed by atoms with Crippen LogP contribution in [0.5, 0.6) is 0 Å². The number of carbonyl (C=O) groups excluding carboxylic acids is 2. The molecule has 2 N–H and O–H groups in total. The van der Waals surface area contributed by atoms with E-state index in [4.69, 9.17) is 0 Å². The van der Waals surface area contributed by atoms with E-state index in [2.05, 4.69) is 15.6 Å². The van der Waals surface area contributed by atoms with Crippen molar-refractivity contribution in [3.8, 4) is 0 Å². The van der Waals surface area contributed by atoms with Gasteiger partial charge in [-0.25, -0.2) is 4.98 Å². The number of aromatic nitrogens is 1. The van der Waals surface area contributed by atoms with Crippen molar-refractivity contribution in [2.75, 3.05) is 5.32 Å². The maximum absolute atomic E-state index is 12.3. The Labute approximate surface area is 164 Å². The van der Waals surface area contributed by atoms with Gasteiger partial charge in [0, 0.05) is 29.3 Å². The van der Waals surface area contributed by atoms with Crippen molar-refractivity contribution in [3.05, 3.63) is 63.7 Å². The summed E-state index contributed by atoms with van der Waals surface area (Å²) in [5.74, 6) is -0.565. The van der Waals surface area contributed by atoms with E-state index in [0.29, 0.717) is 21.8 Å². The molecule has 0 aliphatic carbocycles. The summed E-state index contributed by atoms with van der Waals surface area (Å²) in [4.78, 5) is 39.1. The number of benzene rings is 2. The van der Waals surface area contributed by atoms with Gasteiger partial charge in [-0.1, -0.05) is 18.3 Å². The highest BCUT2D eigenvalue weighted by atomic mass is 32.1. The Balaban J connectivity index is 1.75. The third-order valence-electron chi connectivity index (χ3n) is 4.20. The van der Waals surface area contributed by atoms with Crippen LogP contribution in [0.25, 0.3) is 10.2 Å². The molecule has 0 aliphatic rings. The predicted molar refractivity (Wildman–Crippen MR) is 108 cm³/mol. The molecule has 0 bridgehead atoms. The summed E-state index contributed by atoms with van der Waals surface area (Å²) in [6, 6.07) is 10.6. The lowest BCUT2D eigenvalue weighted by atomic mass is 10.2. The van der Waals surface area contributed by atoms with Crippen molar-refractivity contribution >= 4 is 44.2 Å². The number of hydrogen-bond acceptors (Lipinski definition) is 6. The molecule has 144 valence electrons. The van der Waals surface area contributed by atoms with Crippen molar-refractivity contribution in [1.82, 2.24) is 10.3 Å². The lowest BCUT2D eigenvalue weighted by Crippen LogP contribution is -2.31. The fourth-order valence-corrected chi connectivity index (χ4v) is 3.33. The van der Waals surface area contributed by atoms with Crippen LogP contribution >= 0.6 is 11.3 Å². The molecule has 0 fully saturated rings. The van der Waals surface area contributed by atoms with Gasteiger partial charge in [0.25, 0.3) is 17.5 Å². The first-order chi connectivity index (χ1) is 13.4. The fourth-order valence-electron chi connectivity index (χ4n) is 2.43. The van der Waals surface area contributed by atoms with Gasteiger partial charge < -0.3 is 5.32 Å². The van der Waals surface area contributed by atoms with E-state index in [9.17, 15) is 19.7 Å². The highest BCUT2D eigenvalue weighted by molar-refractivity contribution is 7.22. The van der Waals surface area contributed by atoms with Gasteiger partial charge in [0.05, 0.1) is 15.1 Å². The first-order valence-electron chi connectivity index (χ1n) is 8.64. The zero-order valence-electron chi connectivity index (χ0n) is 15.3. The van der Waals surface area contributed by atoms with E-state index >= 15 is 0 Å². The molecule has 2 amide bonds. The number of carbonyl (C=O) groups is 2. The van der Waals surface area contributed by atoms with Gasteiger partial charge in [0.2, 0.25) is 0 Å². The number of nitrogens with one attached hydrogen (secondary N) is 2. The second-order valence-corrected chi connectivity index (χ2v) is 7.27. The number of nitro benzene ring substituents is 1. The van der Waals surface area contributed by atoms with Gasteiger partial charge >= 0.3 is 0 Å². The van der Waals surface area contributed by atoms with Gasteiger partial charge in [0.1, 0.15) is 0 Å². The molecule has 8 nitrogen and oxygen atoms in total. The predicted octanol–water partition coefficient (Wildman–Crippen LogP) is 3.99. The van der Waals surface area contributed by atoms with Crippen LogP contribution in [-0.2, 0) is 0 Å². The molecule has 1 atom stereocenters. The topological polar surface area (TPSA) is 114 Å². The average molecular weight is 398 g/mol. The average Bonchev–Trinajstić information content (AvgIpc) is 3.09. The quantitative estimate of drug-likeness (QED) is 0.481. The Bertz CT molecular complexity index is 1050. The molecule has 9 heteroatoms. The zero-order chi connectivity index (χ0) is 20.3. The van der Waals surface area contributed by atoms with Crippen LogP contribution < -0.4 is 10.6 Å². The second kappa shape index (κ2) is 8.13. The number of non-ortho nitro benzene ring substituents is 1. The monoisotopic (exact) mass is 398 g/mol. The van der Waals surface area contributed by atoms with Crippen LogP contribution in [0.4, 0.5) is 10.8 Å². The number of hydrogen-bond donors (Lipinski definition) is 2.